The highest BCUT2D eigenvalue weighted by molar-refractivity contribution is 9.10. The molecule has 1 heterocycles. The third-order valence-corrected chi connectivity index (χ3v) is 7.99. The average molecular weight is 559 g/mol. The van der Waals surface area contributed by atoms with Crippen LogP contribution in [0.4, 0.5) is 5.69 Å². The Morgan fingerprint density at radius 1 is 1.14 bits per heavy atom. The second-order valence-corrected chi connectivity index (χ2v) is 10.2. The maximum absolute atomic E-state index is 14.6. The quantitative estimate of drug-likeness (QED) is 0.361. The van der Waals surface area contributed by atoms with Gasteiger partial charge in [-0.05, 0) is 70.2 Å². The molecular formula is C30H27BrN2O4. The van der Waals surface area contributed by atoms with Crippen molar-refractivity contribution in [1.82, 2.24) is 5.01 Å². The number of anilines is 1. The Morgan fingerprint density at radius 2 is 1.84 bits per heavy atom. The third kappa shape index (κ3) is 3.85. The van der Waals surface area contributed by atoms with Crippen LogP contribution in [0.2, 0.25) is 0 Å². The molecule has 2 aliphatic rings. The minimum Gasteiger partial charge on any atom is -0.503 e. The third-order valence-electron chi connectivity index (χ3n) is 7.39. The Kier molecular flexibility index (Phi) is 6.42. The predicted molar refractivity (Wildman–Crippen MR) is 146 cm³/mol. The van der Waals surface area contributed by atoms with Gasteiger partial charge in [-0.15, -0.1) is 0 Å². The van der Waals surface area contributed by atoms with Gasteiger partial charge in [-0.25, -0.2) is 0 Å². The smallest absolute Gasteiger partial charge is 0.260 e. The molecule has 1 aliphatic carbocycles. The minimum atomic E-state index is -1.24. The van der Waals surface area contributed by atoms with Crippen molar-refractivity contribution < 1.29 is 19.4 Å². The Balaban J connectivity index is 1.75. The molecule has 37 heavy (non-hydrogen) atoms. The van der Waals surface area contributed by atoms with Gasteiger partial charge < -0.3 is 9.84 Å². The highest BCUT2D eigenvalue weighted by atomic mass is 79.9. The van der Waals surface area contributed by atoms with E-state index < -0.39 is 17.3 Å². The molecule has 3 unspecified atom stereocenters. The van der Waals surface area contributed by atoms with Gasteiger partial charge in [-0.2, -0.15) is 5.01 Å². The standard InChI is InChI=1S/C30H27BrN2O4/c1-4-19-12-15-23-28(35)33(32-22-13-10-18(2)11-14-22)29(36)30(23,21-8-6-5-7-9-21)26(19)20-16-24(31)27(34)25(17-20)37-3/h4-14,16-17,23,26,32,34H,1,15H2,2-3H3. The van der Waals surface area contributed by atoms with E-state index in [1.54, 1.807) is 18.2 Å². The fourth-order valence-corrected chi connectivity index (χ4v) is 6.13. The van der Waals surface area contributed by atoms with Gasteiger partial charge >= 0.3 is 0 Å². The van der Waals surface area contributed by atoms with E-state index in [-0.39, 0.29) is 23.3 Å². The summed E-state index contributed by atoms with van der Waals surface area (Å²) in [5.74, 6) is -1.60. The summed E-state index contributed by atoms with van der Waals surface area (Å²) in [4.78, 5) is 28.5. The number of amides is 2. The topological polar surface area (TPSA) is 78.9 Å². The molecule has 0 radical (unpaired) electrons. The van der Waals surface area contributed by atoms with E-state index in [1.807, 2.05) is 67.6 Å². The van der Waals surface area contributed by atoms with Crippen molar-refractivity contribution in [3.05, 3.63) is 112 Å². The number of benzene rings is 3. The van der Waals surface area contributed by atoms with Crippen molar-refractivity contribution in [2.45, 2.75) is 24.7 Å². The molecule has 188 valence electrons. The number of rotatable bonds is 6. The number of phenolic OH excluding ortho intramolecular Hbond substituents is 1. The number of hydrazine groups is 1. The number of hydrogen-bond donors (Lipinski definition) is 2. The van der Waals surface area contributed by atoms with Crippen molar-refractivity contribution in [2.24, 2.45) is 5.92 Å². The maximum atomic E-state index is 14.6. The van der Waals surface area contributed by atoms with Crippen LogP contribution in [-0.4, -0.2) is 29.0 Å². The molecule has 1 saturated heterocycles. The lowest BCUT2D eigenvalue weighted by molar-refractivity contribution is -0.138. The van der Waals surface area contributed by atoms with Gasteiger partial charge in [0.05, 0.1) is 28.6 Å². The zero-order chi connectivity index (χ0) is 26.3. The van der Waals surface area contributed by atoms with Crippen LogP contribution in [0, 0.1) is 12.8 Å². The second kappa shape index (κ2) is 9.56. The number of carbonyl (C=O) groups is 2. The number of hydrogen-bond acceptors (Lipinski definition) is 5. The molecule has 6 nitrogen and oxygen atoms in total. The first-order valence-corrected chi connectivity index (χ1v) is 12.8. The van der Waals surface area contributed by atoms with Crippen LogP contribution >= 0.6 is 15.9 Å². The maximum Gasteiger partial charge on any atom is 0.260 e. The summed E-state index contributed by atoms with van der Waals surface area (Å²) in [5, 5.41) is 11.7. The molecule has 3 aromatic carbocycles. The van der Waals surface area contributed by atoms with E-state index in [0.29, 0.717) is 16.6 Å². The molecule has 3 atom stereocenters. The van der Waals surface area contributed by atoms with E-state index in [2.05, 4.69) is 27.9 Å². The number of nitrogens with one attached hydrogen (secondary N) is 1. The summed E-state index contributed by atoms with van der Waals surface area (Å²) in [7, 11) is 1.48. The van der Waals surface area contributed by atoms with Crippen molar-refractivity contribution in [3.8, 4) is 11.5 Å². The zero-order valence-electron chi connectivity index (χ0n) is 20.6. The summed E-state index contributed by atoms with van der Waals surface area (Å²) < 4.78 is 5.87. The molecule has 0 aromatic heterocycles. The lowest BCUT2D eigenvalue weighted by Gasteiger charge is -2.43. The van der Waals surface area contributed by atoms with Gasteiger partial charge in [0.15, 0.2) is 11.5 Å². The van der Waals surface area contributed by atoms with Crippen molar-refractivity contribution in [1.29, 1.82) is 0 Å². The lowest BCUT2D eigenvalue weighted by Crippen LogP contribution is -2.48. The predicted octanol–water partition coefficient (Wildman–Crippen LogP) is 6.02. The second-order valence-electron chi connectivity index (χ2n) is 9.37. The number of methoxy groups -OCH3 is 1. The Bertz CT molecular complexity index is 1420. The average Bonchev–Trinajstić information content (AvgIpc) is 3.13. The number of nitrogens with zero attached hydrogens (tertiary/aromatic N) is 1. The van der Waals surface area contributed by atoms with Crippen LogP contribution in [-0.2, 0) is 15.0 Å². The first kappa shape index (κ1) is 24.8. The molecule has 3 aromatic rings. The molecule has 0 spiro atoms. The normalized spacial score (nSPS) is 22.9. The monoisotopic (exact) mass is 558 g/mol. The first-order chi connectivity index (χ1) is 17.8. The molecule has 5 rings (SSSR count). The number of aromatic hydroxyl groups is 1. The molecule has 1 aliphatic heterocycles. The summed E-state index contributed by atoms with van der Waals surface area (Å²) >= 11 is 3.43. The van der Waals surface area contributed by atoms with Gasteiger partial charge in [-0.1, -0.05) is 66.8 Å². The van der Waals surface area contributed by atoms with E-state index >= 15 is 0 Å². The van der Waals surface area contributed by atoms with Gasteiger partial charge in [0, 0.05) is 5.92 Å². The molecule has 2 amide bonds. The van der Waals surface area contributed by atoms with Crippen molar-refractivity contribution in [2.75, 3.05) is 12.5 Å². The van der Waals surface area contributed by atoms with E-state index in [9.17, 15) is 14.7 Å². The molecular weight excluding hydrogens is 532 g/mol. The minimum absolute atomic E-state index is 0.0343. The van der Waals surface area contributed by atoms with Crippen LogP contribution in [0.5, 0.6) is 11.5 Å². The summed E-state index contributed by atoms with van der Waals surface area (Å²) in [6.07, 6.45) is 4.11. The molecule has 0 bridgehead atoms. The Labute approximate surface area is 224 Å². The largest absolute Gasteiger partial charge is 0.503 e. The van der Waals surface area contributed by atoms with Gasteiger partial charge in [-0.3, -0.25) is 15.0 Å². The molecule has 7 heteroatoms. The van der Waals surface area contributed by atoms with E-state index in [0.717, 1.165) is 22.3 Å². The van der Waals surface area contributed by atoms with E-state index in [4.69, 9.17) is 4.74 Å². The van der Waals surface area contributed by atoms with Crippen LogP contribution < -0.4 is 10.2 Å². The van der Waals surface area contributed by atoms with Crippen molar-refractivity contribution in [3.63, 3.8) is 0 Å². The molecule has 0 saturated carbocycles. The number of halogens is 1. The first-order valence-electron chi connectivity index (χ1n) is 12.0. The van der Waals surface area contributed by atoms with Gasteiger partial charge in [0.25, 0.3) is 11.8 Å². The Hall–Kier alpha value is -3.84. The summed E-state index contributed by atoms with van der Waals surface area (Å²) in [6.45, 7) is 6.01. The van der Waals surface area contributed by atoms with Gasteiger partial charge in [0.2, 0.25) is 0 Å². The lowest BCUT2D eigenvalue weighted by atomic mass is 9.56. The molecule has 1 fully saturated rings. The Morgan fingerprint density at radius 3 is 2.49 bits per heavy atom. The SMILES string of the molecule is C=CC1=CCC2C(=O)N(Nc3ccc(C)cc3)C(=O)C2(c2ccccc2)C1c1cc(Br)c(O)c(OC)c1. The van der Waals surface area contributed by atoms with Crippen molar-refractivity contribution >= 4 is 33.4 Å². The summed E-state index contributed by atoms with van der Waals surface area (Å²) in [5.41, 5.74) is 5.86. The van der Waals surface area contributed by atoms with Gasteiger partial charge in [0.1, 0.15) is 0 Å². The highest BCUT2D eigenvalue weighted by Gasteiger charge is 2.65. The number of allylic oxidation sites excluding steroid dienone is 3. The van der Waals surface area contributed by atoms with Crippen LogP contribution in [0.25, 0.3) is 0 Å². The van der Waals surface area contributed by atoms with E-state index in [1.165, 1.54) is 12.1 Å². The fourth-order valence-electron chi connectivity index (χ4n) is 5.67. The van der Waals surface area contributed by atoms with Crippen LogP contribution in [0.3, 0.4) is 0 Å². The molecule has 2 N–H and O–H groups in total. The van der Waals surface area contributed by atoms with Crippen LogP contribution in [0.15, 0.2) is 95.5 Å². The number of carbonyl (C=O) groups excluding carboxylic acids is 2. The zero-order valence-corrected chi connectivity index (χ0v) is 22.2. The number of imide groups is 1. The number of aryl methyl sites for hydroxylation is 1. The summed E-state index contributed by atoms with van der Waals surface area (Å²) in [6, 6.07) is 20.5. The highest BCUT2D eigenvalue weighted by Crippen LogP contribution is 2.58. The fraction of sp³-hybridized carbons (Fsp3) is 0.200. The number of ether oxygens (including phenoxy) is 1. The van der Waals surface area contributed by atoms with Crippen LogP contribution in [0.1, 0.15) is 29.0 Å². The number of phenols is 1. The number of fused-ring (bicyclic) bond motifs is 1.